The summed E-state index contributed by atoms with van der Waals surface area (Å²) in [6, 6.07) is 31.2. The Morgan fingerprint density at radius 3 is 1.90 bits per heavy atom. The quantitative estimate of drug-likeness (QED) is 0.419. The molecule has 2 bridgehead atoms. The Hall–Kier alpha value is -2.19. The van der Waals surface area contributed by atoms with Gasteiger partial charge in [-0.3, -0.25) is 0 Å². The van der Waals surface area contributed by atoms with Crippen LogP contribution in [0.1, 0.15) is 32.1 Å². The molecule has 1 N–H and O–H groups in total. The highest BCUT2D eigenvalue weighted by Gasteiger charge is 2.77. The first kappa shape index (κ1) is 18.4. The van der Waals surface area contributed by atoms with Crippen molar-refractivity contribution in [1.29, 1.82) is 0 Å². The van der Waals surface area contributed by atoms with Gasteiger partial charge in [-0.1, -0.05) is 42.5 Å². The van der Waals surface area contributed by atoms with Crippen molar-refractivity contribution in [2.75, 3.05) is 11.9 Å². The highest BCUT2D eigenvalue weighted by molar-refractivity contribution is 7.97. The van der Waals surface area contributed by atoms with Gasteiger partial charge in [0.15, 0.2) is 14.7 Å². The maximum Gasteiger partial charge on any atom is 0.168 e. The summed E-state index contributed by atoms with van der Waals surface area (Å²) in [4.78, 5) is 4.17. The Morgan fingerprint density at radius 2 is 1.32 bits per heavy atom. The molecule has 2 heteroatoms. The molecule has 4 aliphatic rings. The van der Waals surface area contributed by atoms with E-state index in [4.69, 9.17) is 0 Å². The minimum Gasteiger partial charge on any atom is -0.384 e. The van der Waals surface area contributed by atoms with Crippen molar-refractivity contribution in [2.24, 2.45) is 28.6 Å². The molecule has 0 heterocycles. The molecule has 4 aliphatic carbocycles. The lowest BCUT2D eigenvalue weighted by Gasteiger charge is -2.66. The van der Waals surface area contributed by atoms with Crippen LogP contribution in [0.5, 0.6) is 0 Å². The van der Waals surface area contributed by atoms with Gasteiger partial charge in [0.05, 0.1) is 10.9 Å². The first-order chi connectivity index (χ1) is 15.3. The van der Waals surface area contributed by atoms with E-state index in [1.807, 2.05) is 0 Å². The normalized spacial score (nSPS) is 34.2. The lowest BCUT2D eigenvalue weighted by atomic mass is 9.38. The fraction of sp³-hybridized carbons (Fsp3) is 0.379. The monoisotopic (exact) mass is 424 g/mol. The molecule has 0 radical (unpaired) electrons. The van der Waals surface area contributed by atoms with Crippen LogP contribution in [0.4, 0.5) is 5.69 Å². The zero-order valence-electron chi connectivity index (χ0n) is 18.0. The van der Waals surface area contributed by atoms with Gasteiger partial charge in [0.2, 0.25) is 0 Å². The van der Waals surface area contributed by atoms with Crippen LogP contribution in [-0.4, -0.2) is 6.54 Å². The van der Waals surface area contributed by atoms with E-state index in [0.717, 1.165) is 23.2 Å². The van der Waals surface area contributed by atoms with Crippen molar-refractivity contribution >= 4 is 16.6 Å². The maximum atomic E-state index is 3.91. The smallest absolute Gasteiger partial charge is 0.168 e. The van der Waals surface area contributed by atoms with Crippen LogP contribution in [0.3, 0.4) is 0 Å². The van der Waals surface area contributed by atoms with E-state index < -0.39 is 0 Å². The van der Waals surface area contributed by atoms with Gasteiger partial charge in [0.25, 0.3) is 0 Å². The van der Waals surface area contributed by atoms with Crippen molar-refractivity contribution in [2.45, 2.75) is 46.8 Å². The summed E-state index contributed by atoms with van der Waals surface area (Å²) in [5.41, 5.74) is 2.69. The molecule has 1 nitrogen and oxygen atoms in total. The summed E-state index contributed by atoms with van der Waals surface area (Å²) in [6.45, 7) is 1.17. The van der Waals surface area contributed by atoms with Gasteiger partial charge in [0.1, 0.15) is 0 Å². The zero-order valence-corrected chi connectivity index (χ0v) is 18.8. The Labute approximate surface area is 188 Å². The Bertz CT molecular complexity index is 1050. The van der Waals surface area contributed by atoms with Gasteiger partial charge in [0, 0.05) is 18.3 Å². The van der Waals surface area contributed by atoms with E-state index >= 15 is 0 Å². The molecule has 7 rings (SSSR count). The number of anilines is 1. The maximum absolute atomic E-state index is 3.91. The van der Waals surface area contributed by atoms with Crippen molar-refractivity contribution < 1.29 is 0 Å². The van der Waals surface area contributed by atoms with Crippen molar-refractivity contribution in [3.05, 3.63) is 84.9 Å². The standard InChI is InChI=1S/C29H30NS/c1-3-9-25(10-4-1)31(26-11-5-2-6-12-26)27-13-7-8-24(16-27)30-20-28-17-22-14-21-15-23(18-28)29(21,22)19-28/h1-13,16,21-23,30H,14-15,17-20H2/q+1. The van der Waals surface area contributed by atoms with Crippen molar-refractivity contribution in [1.82, 2.24) is 0 Å². The Kier molecular flexibility index (Phi) is 3.95. The van der Waals surface area contributed by atoms with Crippen molar-refractivity contribution in [3.8, 4) is 0 Å². The van der Waals surface area contributed by atoms with Gasteiger partial charge in [-0.2, -0.15) is 0 Å². The summed E-state index contributed by atoms with van der Waals surface area (Å²) in [5.74, 6) is 3.24. The molecule has 3 aromatic carbocycles. The van der Waals surface area contributed by atoms with Crippen LogP contribution in [0.2, 0.25) is 0 Å². The molecule has 0 aromatic heterocycles. The average molecular weight is 425 g/mol. The van der Waals surface area contributed by atoms with Gasteiger partial charge in [-0.05, 0) is 97.1 Å². The molecular formula is C29H30NS+. The highest BCUT2D eigenvalue weighted by atomic mass is 32.2. The first-order valence-corrected chi connectivity index (χ1v) is 13.2. The third-order valence-electron chi connectivity index (χ3n) is 9.15. The SMILES string of the molecule is c1ccc([S+](c2ccccc2)c2cccc(NCC34CC5CC6CC(C3)C65C4)c2)cc1. The molecule has 31 heavy (non-hydrogen) atoms. The minimum absolute atomic E-state index is 0.0760. The number of nitrogens with one attached hydrogen (secondary N) is 1. The molecular weight excluding hydrogens is 394 g/mol. The van der Waals surface area contributed by atoms with E-state index in [2.05, 4.69) is 90.2 Å². The summed E-state index contributed by atoms with van der Waals surface area (Å²) in [6.07, 6.45) is 7.59. The lowest BCUT2D eigenvalue weighted by molar-refractivity contribution is -0.176. The van der Waals surface area contributed by atoms with E-state index in [0.29, 0.717) is 5.41 Å². The molecule has 156 valence electrons. The van der Waals surface area contributed by atoms with E-state index in [1.165, 1.54) is 46.2 Å². The second-order valence-electron chi connectivity index (χ2n) is 10.6. The third-order valence-corrected chi connectivity index (χ3v) is 11.4. The fourth-order valence-corrected chi connectivity index (χ4v) is 10.1. The molecule has 2 unspecified atom stereocenters. The van der Waals surface area contributed by atoms with Gasteiger partial charge in [-0.25, -0.2) is 0 Å². The predicted molar refractivity (Wildman–Crippen MR) is 128 cm³/mol. The Morgan fingerprint density at radius 1 is 0.710 bits per heavy atom. The molecule has 4 fully saturated rings. The molecule has 0 amide bonds. The molecule has 0 aliphatic heterocycles. The van der Waals surface area contributed by atoms with Gasteiger partial charge >= 0.3 is 0 Å². The molecule has 1 spiro atoms. The van der Waals surface area contributed by atoms with Crippen LogP contribution in [-0.2, 0) is 10.9 Å². The molecule has 4 saturated carbocycles. The number of benzene rings is 3. The molecule has 3 aromatic rings. The Balaban J connectivity index is 1.16. The third kappa shape index (κ3) is 2.64. The number of hydrogen-bond acceptors (Lipinski definition) is 1. The summed E-state index contributed by atoms with van der Waals surface area (Å²) < 4.78 is 0. The van der Waals surface area contributed by atoms with E-state index in [9.17, 15) is 0 Å². The lowest BCUT2D eigenvalue weighted by Crippen LogP contribution is -2.59. The van der Waals surface area contributed by atoms with Gasteiger partial charge in [-0.15, -0.1) is 0 Å². The van der Waals surface area contributed by atoms with E-state index in [-0.39, 0.29) is 10.9 Å². The topological polar surface area (TPSA) is 12.0 Å². The second-order valence-corrected chi connectivity index (χ2v) is 12.6. The largest absolute Gasteiger partial charge is 0.384 e. The number of hydrogen-bond donors (Lipinski definition) is 1. The van der Waals surface area contributed by atoms with Crippen LogP contribution in [0, 0.1) is 28.6 Å². The predicted octanol–water partition coefficient (Wildman–Crippen LogP) is 7.02. The number of rotatable bonds is 6. The summed E-state index contributed by atoms with van der Waals surface area (Å²) in [7, 11) is -0.0760. The average Bonchev–Trinajstić information content (AvgIpc) is 3.28. The zero-order chi connectivity index (χ0) is 20.5. The van der Waals surface area contributed by atoms with Crippen molar-refractivity contribution in [3.63, 3.8) is 0 Å². The fourth-order valence-electron chi connectivity index (χ4n) is 7.99. The minimum atomic E-state index is -0.0760. The summed E-state index contributed by atoms with van der Waals surface area (Å²) >= 11 is 0. The summed E-state index contributed by atoms with van der Waals surface area (Å²) in [5, 5.41) is 3.91. The van der Waals surface area contributed by atoms with Crippen LogP contribution in [0.25, 0.3) is 0 Å². The molecule has 0 saturated heterocycles. The second kappa shape index (κ2) is 6.65. The van der Waals surface area contributed by atoms with Crippen LogP contribution < -0.4 is 5.32 Å². The number of fused-ring (bicyclic) bond motifs is 1. The van der Waals surface area contributed by atoms with E-state index in [1.54, 1.807) is 12.8 Å². The van der Waals surface area contributed by atoms with Crippen LogP contribution in [0.15, 0.2) is 99.6 Å². The highest BCUT2D eigenvalue weighted by Crippen LogP contribution is 2.84. The first-order valence-electron chi connectivity index (χ1n) is 11.9. The van der Waals surface area contributed by atoms with Crippen LogP contribution >= 0.6 is 0 Å². The van der Waals surface area contributed by atoms with Gasteiger partial charge < -0.3 is 5.32 Å². The molecule has 2 atom stereocenters.